The number of benzene rings is 1. The molecule has 0 bridgehead atoms. The van der Waals surface area contributed by atoms with Crippen molar-refractivity contribution in [2.24, 2.45) is 0 Å². The lowest BCUT2D eigenvalue weighted by Gasteiger charge is -2.01. The van der Waals surface area contributed by atoms with Crippen LogP contribution in [0, 0.1) is 11.8 Å². The molecule has 0 atom stereocenters. The minimum absolute atomic E-state index is 0.000316. The maximum Gasteiger partial charge on any atom is 0.328 e. The molecular weight excluding hydrogens is 244 g/mol. The van der Waals surface area contributed by atoms with Gasteiger partial charge in [-0.15, -0.1) is 0 Å². The predicted octanol–water partition coefficient (Wildman–Crippen LogP) is 2.00. The van der Waals surface area contributed by atoms with E-state index in [9.17, 15) is 9.90 Å². The van der Waals surface area contributed by atoms with Crippen LogP contribution in [0.4, 0.5) is 0 Å². The molecule has 1 aromatic carbocycles. The lowest BCUT2D eigenvalue weighted by Crippen LogP contribution is -1.88. The topological polar surface area (TPSA) is 77.8 Å². The Morgan fingerprint density at radius 3 is 2.79 bits per heavy atom. The molecular formula is C15H16O4. The van der Waals surface area contributed by atoms with Crippen LogP contribution in [-0.4, -0.2) is 27.9 Å². The van der Waals surface area contributed by atoms with E-state index in [0.29, 0.717) is 24.0 Å². The summed E-state index contributed by atoms with van der Waals surface area (Å²) in [6.07, 6.45) is 4.46. The van der Waals surface area contributed by atoms with Gasteiger partial charge in [-0.1, -0.05) is 17.9 Å². The van der Waals surface area contributed by atoms with Crippen molar-refractivity contribution < 1.29 is 20.1 Å². The summed E-state index contributed by atoms with van der Waals surface area (Å²) in [6, 6.07) is 4.87. The van der Waals surface area contributed by atoms with Gasteiger partial charge in [0.25, 0.3) is 0 Å². The van der Waals surface area contributed by atoms with Gasteiger partial charge < -0.3 is 15.3 Å². The van der Waals surface area contributed by atoms with Crippen molar-refractivity contribution >= 4 is 12.0 Å². The second-order valence-corrected chi connectivity index (χ2v) is 3.89. The van der Waals surface area contributed by atoms with Crippen molar-refractivity contribution in [2.75, 3.05) is 6.61 Å². The van der Waals surface area contributed by atoms with Gasteiger partial charge >= 0.3 is 5.97 Å². The van der Waals surface area contributed by atoms with Crippen LogP contribution in [0.3, 0.4) is 0 Å². The molecule has 0 fully saturated rings. The summed E-state index contributed by atoms with van der Waals surface area (Å²) >= 11 is 0. The highest BCUT2D eigenvalue weighted by molar-refractivity contribution is 5.86. The van der Waals surface area contributed by atoms with Crippen molar-refractivity contribution in [1.82, 2.24) is 0 Å². The zero-order valence-electron chi connectivity index (χ0n) is 10.5. The second kappa shape index (κ2) is 7.96. The van der Waals surface area contributed by atoms with E-state index in [-0.39, 0.29) is 12.4 Å². The smallest absolute Gasteiger partial charge is 0.328 e. The van der Waals surface area contributed by atoms with Crippen LogP contribution < -0.4 is 0 Å². The number of hydrogen-bond acceptors (Lipinski definition) is 3. The van der Waals surface area contributed by atoms with Gasteiger partial charge in [0.2, 0.25) is 0 Å². The molecule has 0 radical (unpaired) electrons. The summed E-state index contributed by atoms with van der Waals surface area (Å²) in [7, 11) is 0. The van der Waals surface area contributed by atoms with Gasteiger partial charge in [-0.3, -0.25) is 0 Å². The third-order valence-electron chi connectivity index (χ3n) is 2.41. The Balaban J connectivity index is 2.88. The summed E-state index contributed by atoms with van der Waals surface area (Å²) < 4.78 is 0. The van der Waals surface area contributed by atoms with Gasteiger partial charge in [0.1, 0.15) is 5.75 Å². The molecule has 0 amide bonds. The van der Waals surface area contributed by atoms with Gasteiger partial charge in [-0.2, -0.15) is 0 Å². The largest absolute Gasteiger partial charge is 0.507 e. The maximum absolute atomic E-state index is 10.5. The molecule has 1 rings (SSSR count). The zero-order valence-corrected chi connectivity index (χ0v) is 10.5. The molecule has 0 aliphatic carbocycles. The predicted molar refractivity (Wildman–Crippen MR) is 72.6 cm³/mol. The zero-order chi connectivity index (χ0) is 14.1. The van der Waals surface area contributed by atoms with Crippen molar-refractivity contribution in [3.63, 3.8) is 0 Å². The number of aromatic hydroxyl groups is 1. The summed E-state index contributed by atoms with van der Waals surface area (Å²) in [5.74, 6) is 4.76. The van der Waals surface area contributed by atoms with Crippen molar-refractivity contribution in [2.45, 2.75) is 19.3 Å². The number of hydrogen-bond donors (Lipinski definition) is 3. The molecule has 4 heteroatoms. The Bertz CT molecular complexity index is 521. The van der Waals surface area contributed by atoms with E-state index >= 15 is 0 Å². The number of aliphatic hydroxyl groups is 1. The molecule has 0 spiro atoms. The van der Waals surface area contributed by atoms with Crippen molar-refractivity contribution in [3.05, 3.63) is 35.4 Å². The minimum atomic E-state index is -1.08. The van der Waals surface area contributed by atoms with Crippen molar-refractivity contribution in [3.8, 4) is 17.6 Å². The minimum Gasteiger partial charge on any atom is -0.507 e. The van der Waals surface area contributed by atoms with Gasteiger partial charge in [-0.25, -0.2) is 4.79 Å². The molecule has 100 valence electrons. The van der Waals surface area contributed by atoms with Gasteiger partial charge in [0, 0.05) is 30.2 Å². The number of unbranched alkanes of at least 4 members (excludes halogenated alkanes) is 2. The molecule has 0 aliphatic rings. The Morgan fingerprint density at radius 1 is 1.32 bits per heavy atom. The molecule has 0 unspecified atom stereocenters. The standard InChI is InChI=1S/C15H16O4/c16-11-4-2-1-3-6-12-7-5-8-14(17)13(12)9-10-15(18)19/h5,7-10,16-17H,1-2,4,11H2,(H,18,19)/b10-9+. The van der Waals surface area contributed by atoms with E-state index < -0.39 is 5.97 Å². The molecule has 19 heavy (non-hydrogen) atoms. The SMILES string of the molecule is O=C(O)/C=C/c1c(O)cccc1C#CCCCCO. The molecule has 0 saturated heterocycles. The molecule has 1 aromatic rings. The Hall–Kier alpha value is -2.25. The molecule has 0 aromatic heterocycles. The summed E-state index contributed by atoms with van der Waals surface area (Å²) in [6.45, 7) is 0.153. The molecule has 0 saturated carbocycles. The maximum atomic E-state index is 10.5. The average Bonchev–Trinajstić information content (AvgIpc) is 2.37. The van der Waals surface area contributed by atoms with E-state index in [1.807, 2.05) is 0 Å². The normalized spacial score (nSPS) is 10.2. The van der Waals surface area contributed by atoms with E-state index in [1.54, 1.807) is 12.1 Å². The first-order valence-electron chi connectivity index (χ1n) is 5.98. The Labute approximate surface area is 112 Å². The van der Waals surface area contributed by atoms with Gasteiger partial charge in [-0.05, 0) is 31.1 Å². The van der Waals surface area contributed by atoms with Crippen LogP contribution in [0.25, 0.3) is 6.08 Å². The number of rotatable bonds is 5. The van der Waals surface area contributed by atoms with E-state index in [4.69, 9.17) is 10.2 Å². The summed E-state index contributed by atoms with van der Waals surface area (Å²) in [5.41, 5.74) is 0.987. The fourth-order valence-electron chi connectivity index (χ4n) is 1.47. The lowest BCUT2D eigenvalue weighted by atomic mass is 10.1. The molecule has 0 aliphatic heterocycles. The highest BCUT2D eigenvalue weighted by Crippen LogP contribution is 2.22. The molecule has 0 heterocycles. The number of aliphatic hydroxyl groups excluding tert-OH is 1. The first-order valence-corrected chi connectivity index (χ1v) is 5.98. The third kappa shape index (κ3) is 5.28. The number of carboxylic acids is 1. The van der Waals surface area contributed by atoms with Crippen LogP contribution in [0.2, 0.25) is 0 Å². The monoisotopic (exact) mass is 260 g/mol. The number of aliphatic carboxylic acids is 1. The second-order valence-electron chi connectivity index (χ2n) is 3.89. The summed E-state index contributed by atoms with van der Waals surface area (Å²) in [5, 5.41) is 26.9. The van der Waals surface area contributed by atoms with Crippen molar-refractivity contribution in [1.29, 1.82) is 0 Å². The van der Waals surface area contributed by atoms with Crippen LogP contribution >= 0.6 is 0 Å². The number of phenols is 1. The van der Waals surface area contributed by atoms with Crippen LogP contribution in [0.15, 0.2) is 24.3 Å². The third-order valence-corrected chi connectivity index (χ3v) is 2.41. The lowest BCUT2D eigenvalue weighted by molar-refractivity contribution is -0.131. The van der Waals surface area contributed by atoms with E-state index in [1.165, 1.54) is 12.1 Å². The van der Waals surface area contributed by atoms with Crippen LogP contribution in [0.1, 0.15) is 30.4 Å². The highest BCUT2D eigenvalue weighted by atomic mass is 16.4. The first-order chi connectivity index (χ1) is 9.15. The summed E-state index contributed by atoms with van der Waals surface area (Å²) in [4.78, 5) is 10.5. The quantitative estimate of drug-likeness (QED) is 0.430. The fraction of sp³-hybridized carbons (Fsp3) is 0.267. The average molecular weight is 260 g/mol. The molecule has 4 nitrogen and oxygen atoms in total. The highest BCUT2D eigenvalue weighted by Gasteiger charge is 2.02. The van der Waals surface area contributed by atoms with E-state index in [2.05, 4.69) is 11.8 Å². The van der Waals surface area contributed by atoms with Crippen LogP contribution in [0.5, 0.6) is 5.75 Å². The Morgan fingerprint density at radius 2 is 2.11 bits per heavy atom. The fourth-order valence-corrected chi connectivity index (χ4v) is 1.47. The number of carboxylic acid groups (broad SMARTS) is 1. The van der Waals surface area contributed by atoms with Crippen LogP contribution in [-0.2, 0) is 4.79 Å². The number of phenolic OH excluding ortho intramolecular Hbond substituents is 1. The van der Waals surface area contributed by atoms with E-state index in [0.717, 1.165) is 12.5 Å². The number of carbonyl (C=O) groups is 1. The van der Waals surface area contributed by atoms with Gasteiger partial charge in [0.05, 0.1) is 0 Å². The van der Waals surface area contributed by atoms with Gasteiger partial charge in [0.15, 0.2) is 0 Å². The first kappa shape index (κ1) is 14.8. The Kier molecular flexibility index (Phi) is 6.20. The molecule has 3 N–H and O–H groups in total.